The second kappa shape index (κ2) is 27.9. The van der Waals surface area contributed by atoms with Crippen molar-refractivity contribution >= 4 is 0 Å². The Morgan fingerprint density at radius 1 is 0.231 bits per heavy atom. The summed E-state index contributed by atoms with van der Waals surface area (Å²) in [5.74, 6) is -1.70. The molecule has 0 heterocycles. The molecule has 0 atom stereocenters. The predicted molar refractivity (Wildman–Crippen MR) is 163 cm³/mol. The lowest BCUT2D eigenvalue weighted by atomic mass is 10.0. The summed E-state index contributed by atoms with van der Waals surface area (Å²) in [6.07, 6.45) is 32.8. The maximum atomic E-state index is 5.35. The summed E-state index contributed by atoms with van der Waals surface area (Å²) < 4.78 is 32.1. The van der Waals surface area contributed by atoms with E-state index in [1.54, 1.807) is 42.7 Å². The van der Waals surface area contributed by atoms with Gasteiger partial charge in [-0.1, -0.05) is 135 Å². The lowest BCUT2D eigenvalue weighted by Gasteiger charge is -2.28. The molecule has 0 rings (SSSR count). The van der Waals surface area contributed by atoms with Crippen LogP contribution in [-0.4, -0.2) is 54.6 Å². The van der Waals surface area contributed by atoms with Crippen LogP contribution >= 0.6 is 0 Å². The Balaban J connectivity index is 3.24. The van der Waals surface area contributed by atoms with Crippen LogP contribution in [0.2, 0.25) is 0 Å². The summed E-state index contributed by atoms with van der Waals surface area (Å²) in [6.45, 7) is 0. The zero-order valence-electron chi connectivity index (χ0n) is 27.1. The first-order valence-electron chi connectivity index (χ1n) is 16.4. The molecule has 0 aliphatic heterocycles. The Morgan fingerprint density at radius 3 is 0.487 bits per heavy atom. The van der Waals surface area contributed by atoms with Gasteiger partial charge < -0.3 is 28.4 Å². The molecular weight excluding hydrogens is 492 g/mol. The summed E-state index contributed by atoms with van der Waals surface area (Å²) in [6, 6.07) is 0. The molecule has 0 saturated heterocycles. The lowest BCUT2D eigenvalue weighted by Crippen LogP contribution is -2.35. The Morgan fingerprint density at radius 2 is 0.359 bits per heavy atom. The molecule has 0 aromatic rings. The SMILES string of the molecule is COC(CCCCCCCCCCCCCCCCCCCCCCCCCC(OC)(OC)OC)(OC)OC. The van der Waals surface area contributed by atoms with Crippen LogP contribution in [0.1, 0.15) is 161 Å². The number of rotatable bonds is 32. The summed E-state index contributed by atoms with van der Waals surface area (Å²) in [4.78, 5) is 0. The van der Waals surface area contributed by atoms with E-state index in [0.29, 0.717) is 0 Å². The first-order valence-corrected chi connectivity index (χ1v) is 16.4. The zero-order chi connectivity index (χ0) is 28.9. The smallest absolute Gasteiger partial charge is 0.282 e. The van der Waals surface area contributed by atoms with Crippen LogP contribution in [-0.2, 0) is 28.4 Å². The summed E-state index contributed by atoms with van der Waals surface area (Å²) in [7, 11) is 9.85. The van der Waals surface area contributed by atoms with Crippen LogP contribution in [0.3, 0.4) is 0 Å². The van der Waals surface area contributed by atoms with E-state index < -0.39 is 11.9 Å². The average Bonchev–Trinajstić information content (AvgIpc) is 2.97. The van der Waals surface area contributed by atoms with Gasteiger partial charge in [0, 0.05) is 55.5 Å². The molecule has 0 aromatic carbocycles. The van der Waals surface area contributed by atoms with Crippen molar-refractivity contribution in [3.63, 3.8) is 0 Å². The largest absolute Gasteiger partial charge is 0.331 e. The highest BCUT2D eigenvalue weighted by Gasteiger charge is 2.29. The fraction of sp³-hybridized carbons (Fsp3) is 1.00. The van der Waals surface area contributed by atoms with Gasteiger partial charge in [0.05, 0.1) is 0 Å². The molecule has 0 N–H and O–H groups in total. The van der Waals surface area contributed by atoms with Crippen molar-refractivity contribution in [2.24, 2.45) is 0 Å². The molecule has 0 radical (unpaired) electrons. The van der Waals surface area contributed by atoms with E-state index in [2.05, 4.69) is 0 Å². The van der Waals surface area contributed by atoms with Crippen LogP contribution < -0.4 is 0 Å². The molecule has 0 aliphatic rings. The Hall–Kier alpha value is -0.240. The molecule has 0 aromatic heterocycles. The topological polar surface area (TPSA) is 55.4 Å². The summed E-state index contributed by atoms with van der Waals surface area (Å²) in [5, 5.41) is 0. The third kappa shape index (κ3) is 21.2. The minimum Gasteiger partial charge on any atom is -0.331 e. The van der Waals surface area contributed by atoms with Crippen LogP contribution in [0.4, 0.5) is 0 Å². The highest BCUT2D eigenvalue weighted by Crippen LogP contribution is 2.23. The van der Waals surface area contributed by atoms with Crippen molar-refractivity contribution in [3.05, 3.63) is 0 Å². The maximum Gasteiger partial charge on any atom is 0.282 e. The lowest BCUT2D eigenvalue weighted by molar-refractivity contribution is -0.355. The molecule has 0 fully saturated rings. The fourth-order valence-corrected chi connectivity index (χ4v) is 5.51. The summed E-state index contributed by atoms with van der Waals surface area (Å²) in [5.41, 5.74) is 0. The highest BCUT2D eigenvalue weighted by atomic mass is 16.9. The minimum absolute atomic E-state index is 0.792. The molecule has 39 heavy (non-hydrogen) atoms. The van der Waals surface area contributed by atoms with Gasteiger partial charge in [-0.3, -0.25) is 0 Å². The number of unbranched alkanes of at least 4 members (excludes halogenated alkanes) is 22. The number of methoxy groups -OCH3 is 6. The van der Waals surface area contributed by atoms with Crippen molar-refractivity contribution in [3.8, 4) is 0 Å². The zero-order valence-corrected chi connectivity index (χ0v) is 27.1. The molecule has 0 bridgehead atoms. The van der Waals surface area contributed by atoms with E-state index in [0.717, 1.165) is 25.7 Å². The second-order valence-electron chi connectivity index (χ2n) is 11.2. The quantitative estimate of drug-likeness (QED) is 0.0603. The standard InChI is InChI=1S/C33H68O6/c1-34-32(35-2,36-3)30-28-26-24-22-20-18-16-14-12-10-8-7-9-11-13-15-17-19-21-23-25-27-29-31-33(37-4,38-5)39-6/h7-31H2,1-6H3. The number of hydrogen-bond acceptors (Lipinski definition) is 6. The molecule has 6 heteroatoms. The van der Waals surface area contributed by atoms with Crippen molar-refractivity contribution < 1.29 is 28.4 Å². The van der Waals surface area contributed by atoms with E-state index in [-0.39, 0.29) is 0 Å². The van der Waals surface area contributed by atoms with Gasteiger partial charge in [-0.05, 0) is 12.8 Å². The van der Waals surface area contributed by atoms with Crippen molar-refractivity contribution in [1.82, 2.24) is 0 Å². The molecule has 0 saturated carbocycles. The Labute approximate surface area is 243 Å². The van der Waals surface area contributed by atoms with Crippen molar-refractivity contribution in [2.45, 2.75) is 172 Å². The van der Waals surface area contributed by atoms with Gasteiger partial charge in [-0.2, -0.15) is 0 Å². The first-order chi connectivity index (χ1) is 19.1. The van der Waals surface area contributed by atoms with Crippen LogP contribution in [0.25, 0.3) is 0 Å². The highest BCUT2D eigenvalue weighted by molar-refractivity contribution is 4.58. The van der Waals surface area contributed by atoms with Gasteiger partial charge in [0.2, 0.25) is 0 Å². The average molecular weight is 561 g/mol. The Kier molecular flexibility index (Phi) is 27.7. The number of ether oxygens (including phenoxy) is 6. The van der Waals surface area contributed by atoms with E-state index in [1.807, 2.05) is 0 Å². The maximum absolute atomic E-state index is 5.35. The van der Waals surface area contributed by atoms with Crippen LogP contribution in [0.15, 0.2) is 0 Å². The van der Waals surface area contributed by atoms with Gasteiger partial charge in [0.15, 0.2) is 0 Å². The fourth-order valence-electron chi connectivity index (χ4n) is 5.51. The molecular formula is C33H68O6. The van der Waals surface area contributed by atoms with Crippen molar-refractivity contribution in [1.29, 1.82) is 0 Å². The monoisotopic (exact) mass is 561 g/mol. The molecule has 0 spiro atoms. The molecule has 0 unspecified atom stereocenters. The summed E-state index contributed by atoms with van der Waals surface area (Å²) >= 11 is 0. The van der Waals surface area contributed by atoms with E-state index >= 15 is 0 Å². The van der Waals surface area contributed by atoms with Crippen molar-refractivity contribution in [2.75, 3.05) is 42.7 Å². The van der Waals surface area contributed by atoms with Gasteiger partial charge >= 0.3 is 0 Å². The number of hydrogen-bond donors (Lipinski definition) is 0. The van der Waals surface area contributed by atoms with Gasteiger partial charge in [0.1, 0.15) is 0 Å². The van der Waals surface area contributed by atoms with Gasteiger partial charge in [0.25, 0.3) is 11.9 Å². The van der Waals surface area contributed by atoms with Gasteiger partial charge in [-0.25, -0.2) is 0 Å². The normalized spacial score (nSPS) is 12.5. The molecule has 0 amide bonds. The van der Waals surface area contributed by atoms with Crippen LogP contribution in [0, 0.1) is 0 Å². The van der Waals surface area contributed by atoms with Gasteiger partial charge in [-0.15, -0.1) is 0 Å². The molecule has 6 nitrogen and oxygen atoms in total. The predicted octanol–water partition coefficient (Wildman–Crippen LogP) is 9.92. The third-order valence-electron chi connectivity index (χ3n) is 8.33. The first kappa shape index (κ1) is 38.8. The second-order valence-corrected chi connectivity index (χ2v) is 11.2. The van der Waals surface area contributed by atoms with E-state index in [4.69, 9.17) is 28.4 Å². The van der Waals surface area contributed by atoms with E-state index in [9.17, 15) is 0 Å². The molecule has 236 valence electrons. The molecule has 0 aliphatic carbocycles. The Bertz CT molecular complexity index is 420. The van der Waals surface area contributed by atoms with Crippen LogP contribution in [0.5, 0.6) is 0 Å². The van der Waals surface area contributed by atoms with E-state index in [1.165, 1.54) is 135 Å². The minimum atomic E-state index is -0.851. The third-order valence-corrected chi connectivity index (χ3v) is 8.33.